The molecule has 0 unspecified atom stereocenters. The molecule has 170 valence electrons. The van der Waals surface area contributed by atoms with E-state index in [4.69, 9.17) is 26.8 Å². The summed E-state index contributed by atoms with van der Waals surface area (Å²) in [6.07, 6.45) is 0. The van der Waals surface area contributed by atoms with Gasteiger partial charge >= 0.3 is 11.9 Å². The predicted octanol–water partition coefficient (Wildman–Crippen LogP) is 4.26. The molecule has 0 amide bonds. The third-order valence-corrected chi connectivity index (χ3v) is 6.38. The van der Waals surface area contributed by atoms with Crippen LogP contribution in [0, 0.1) is 13.8 Å². The van der Waals surface area contributed by atoms with Crippen LogP contribution in [0.2, 0.25) is 5.15 Å². The van der Waals surface area contributed by atoms with Crippen LogP contribution in [0.25, 0.3) is 15.9 Å². The van der Waals surface area contributed by atoms with E-state index < -0.39 is 11.9 Å². The van der Waals surface area contributed by atoms with Crippen molar-refractivity contribution in [3.8, 4) is 5.69 Å². The maximum atomic E-state index is 12.8. The Morgan fingerprint density at radius 2 is 1.85 bits per heavy atom. The lowest BCUT2D eigenvalue weighted by atomic mass is 10.2. The largest absolute Gasteiger partial charge is 0.462 e. The average molecular weight is 486 g/mol. The van der Waals surface area contributed by atoms with Gasteiger partial charge in [0, 0.05) is 0 Å². The molecule has 3 heterocycles. The third-order valence-electron chi connectivity index (χ3n) is 4.87. The van der Waals surface area contributed by atoms with Crippen molar-refractivity contribution < 1.29 is 19.1 Å². The van der Waals surface area contributed by atoms with Gasteiger partial charge in [0.05, 0.1) is 23.4 Å². The number of ether oxygens (including phenoxy) is 2. The first-order chi connectivity index (χ1) is 15.8. The summed E-state index contributed by atoms with van der Waals surface area (Å²) >= 11 is 7.58. The van der Waals surface area contributed by atoms with Crippen molar-refractivity contribution in [1.82, 2.24) is 19.7 Å². The predicted molar refractivity (Wildman–Crippen MR) is 125 cm³/mol. The van der Waals surface area contributed by atoms with Crippen LogP contribution >= 0.6 is 22.9 Å². The van der Waals surface area contributed by atoms with Gasteiger partial charge < -0.3 is 15.2 Å². The molecule has 0 saturated heterocycles. The van der Waals surface area contributed by atoms with Crippen LogP contribution in [0.1, 0.15) is 44.0 Å². The molecule has 2 N–H and O–H groups in total. The summed E-state index contributed by atoms with van der Waals surface area (Å²) in [7, 11) is 0. The van der Waals surface area contributed by atoms with Crippen molar-refractivity contribution in [3.63, 3.8) is 0 Å². The first kappa shape index (κ1) is 22.7. The number of hydrogen-bond acceptors (Lipinski definition) is 9. The lowest BCUT2D eigenvalue weighted by molar-refractivity contribution is 0.0461. The second-order valence-corrected chi connectivity index (χ2v) is 8.41. The highest BCUT2D eigenvalue weighted by molar-refractivity contribution is 7.20. The zero-order valence-electron chi connectivity index (χ0n) is 18.1. The number of halogens is 1. The summed E-state index contributed by atoms with van der Waals surface area (Å²) in [6.45, 7) is 5.21. The van der Waals surface area contributed by atoms with Crippen molar-refractivity contribution in [2.45, 2.75) is 27.4 Å². The summed E-state index contributed by atoms with van der Waals surface area (Å²) in [5.74, 6) is -0.696. The van der Waals surface area contributed by atoms with Crippen molar-refractivity contribution in [3.05, 3.63) is 63.0 Å². The summed E-state index contributed by atoms with van der Waals surface area (Å²) in [4.78, 5) is 34.5. The number of aromatic nitrogens is 4. The van der Waals surface area contributed by atoms with Crippen molar-refractivity contribution in [2.24, 2.45) is 0 Å². The number of benzene rings is 1. The zero-order valence-corrected chi connectivity index (χ0v) is 19.7. The van der Waals surface area contributed by atoms with Crippen molar-refractivity contribution >= 4 is 50.9 Å². The third kappa shape index (κ3) is 4.27. The quantitative estimate of drug-likeness (QED) is 0.402. The van der Waals surface area contributed by atoms with Gasteiger partial charge in [0.15, 0.2) is 12.4 Å². The molecule has 0 aliphatic heterocycles. The molecular formula is C22H20ClN5O4S. The van der Waals surface area contributed by atoms with E-state index >= 15 is 0 Å². The summed E-state index contributed by atoms with van der Waals surface area (Å²) in [6, 6.07) is 9.21. The molecule has 9 nitrogen and oxygen atoms in total. The molecule has 0 bridgehead atoms. The van der Waals surface area contributed by atoms with Crippen molar-refractivity contribution in [2.75, 3.05) is 12.3 Å². The molecule has 0 saturated carbocycles. The number of carbonyl (C=O) groups excluding carboxylic acids is 2. The number of thiophene rings is 1. The van der Waals surface area contributed by atoms with Crippen LogP contribution in [-0.2, 0) is 16.1 Å². The molecule has 0 spiro atoms. The Kier molecular flexibility index (Phi) is 6.30. The number of aryl methyl sites for hydroxylation is 2. The van der Waals surface area contributed by atoms with Crippen LogP contribution in [0.3, 0.4) is 0 Å². The minimum absolute atomic E-state index is 0.146. The summed E-state index contributed by atoms with van der Waals surface area (Å²) in [5.41, 5.74) is 8.07. The van der Waals surface area contributed by atoms with Crippen molar-refractivity contribution in [1.29, 1.82) is 0 Å². The van der Waals surface area contributed by atoms with E-state index in [2.05, 4.69) is 15.1 Å². The molecule has 0 radical (unpaired) electrons. The van der Waals surface area contributed by atoms with Gasteiger partial charge in [-0.3, -0.25) is 0 Å². The lowest BCUT2D eigenvalue weighted by Crippen LogP contribution is -2.09. The van der Waals surface area contributed by atoms with Gasteiger partial charge in [-0.25, -0.2) is 24.2 Å². The second-order valence-electron chi connectivity index (χ2n) is 7.06. The van der Waals surface area contributed by atoms with Crippen LogP contribution in [-0.4, -0.2) is 38.3 Å². The first-order valence-corrected chi connectivity index (χ1v) is 11.2. The molecule has 0 fully saturated rings. The normalized spacial score (nSPS) is 11.0. The zero-order chi connectivity index (χ0) is 23.7. The lowest BCUT2D eigenvalue weighted by Gasteiger charge is -2.06. The molecule has 0 aliphatic carbocycles. The number of nitrogens with two attached hydrogens (primary N) is 1. The van der Waals surface area contributed by atoms with E-state index in [1.54, 1.807) is 20.8 Å². The van der Waals surface area contributed by atoms with Gasteiger partial charge in [0.1, 0.15) is 26.2 Å². The van der Waals surface area contributed by atoms with E-state index in [0.29, 0.717) is 26.4 Å². The van der Waals surface area contributed by atoms with Gasteiger partial charge in [-0.05, 0) is 38.5 Å². The molecule has 1 aromatic carbocycles. The Balaban J connectivity index is 1.57. The first-order valence-electron chi connectivity index (χ1n) is 10.0. The number of anilines is 1. The van der Waals surface area contributed by atoms with Crippen LogP contribution in [0.5, 0.6) is 0 Å². The van der Waals surface area contributed by atoms with Gasteiger partial charge in [-0.15, -0.1) is 11.3 Å². The molecule has 4 rings (SSSR count). The standard InChI is InChI=1S/C22H20ClN5O4S/c1-4-31-22(30)17-11(2)15-19(24)25-14(26-20(15)33-17)10-32-21(29)16-12(3)27-28(18(16)23)13-8-6-5-7-9-13/h5-9H,4,10H2,1-3H3,(H2,24,25,26). The van der Waals surface area contributed by atoms with Gasteiger partial charge in [-0.2, -0.15) is 5.10 Å². The molecule has 0 aliphatic rings. The van der Waals surface area contributed by atoms with Crippen LogP contribution in [0.4, 0.5) is 5.82 Å². The van der Waals surface area contributed by atoms with Crippen LogP contribution < -0.4 is 5.73 Å². The second kappa shape index (κ2) is 9.16. The Morgan fingerprint density at radius 3 is 2.55 bits per heavy atom. The smallest absolute Gasteiger partial charge is 0.348 e. The topological polar surface area (TPSA) is 122 Å². The average Bonchev–Trinajstić information content (AvgIpc) is 3.29. The fourth-order valence-corrected chi connectivity index (χ4v) is 4.80. The van der Waals surface area contributed by atoms with E-state index in [1.165, 1.54) is 4.68 Å². The molecule has 0 atom stereocenters. The van der Waals surface area contributed by atoms with E-state index in [1.807, 2.05) is 30.3 Å². The van der Waals surface area contributed by atoms with Gasteiger partial charge in [0.2, 0.25) is 0 Å². The number of carbonyl (C=O) groups is 2. The number of fused-ring (bicyclic) bond motifs is 1. The maximum Gasteiger partial charge on any atom is 0.348 e. The van der Waals surface area contributed by atoms with E-state index in [0.717, 1.165) is 17.0 Å². The number of hydrogen-bond donors (Lipinski definition) is 1. The van der Waals surface area contributed by atoms with E-state index in [9.17, 15) is 9.59 Å². The number of esters is 2. The van der Waals surface area contributed by atoms with Crippen LogP contribution in [0.15, 0.2) is 30.3 Å². The minimum atomic E-state index is -0.656. The minimum Gasteiger partial charge on any atom is -0.462 e. The number of nitrogens with zero attached hydrogens (tertiary/aromatic N) is 4. The highest BCUT2D eigenvalue weighted by Crippen LogP contribution is 2.33. The number of rotatable bonds is 6. The maximum absolute atomic E-state index is 12.8. The van der Waals surface area contributed by atoms with Gasteiger partial charge in [0.25, 0.3) is 0 Å². The van der Waals surface area contributed by atoms with Gasteiger partial charge in [-0.1, -0.05) is 29.8 Å². The molecule has 3 aromatic heterocycles. The monoisotopic (exact) mass is 485 g/mol. The summed E-state index contributed by atoms with van der Waals surface area (Å²) in [5, 5.41) is 5.08. The SMILES string of the molecule is CCOC(=O)c1sc2nc(COC(=O)c3c(C)nn(-c4ccccc4)c3Cl)nc(N)c2c1C. The molecule has 11 heteroatoms. The number of nitrogen functional groups attached to an aromatic ring is 1. The highest BCUT2D eigenvalue weighted by Gasteiger charge is 2.24. The molecule has 4 aromatic rings. The Morgan fingerprint density at radius 1 is 1.12 bits per heavy atom. The molecule has 33 heavy (non-hydrogen) atoms. The molecular weight excluding hydrogens is 466 g/mol. The fourth-order valence-electron chi connectivity index (χ4n) is 3.35. The number of para-hydroxylation sites is 1. The summed E-state index contributed by atoms with van der Waals surface area (Å²) < 4.78 is 12.0. The highest BCUT2D eigenvalue weighted by atomic mass is 35.5. The van der Waals surface area contributed by atoms with E-state index in [-0.39, 0.29) is 35.6 Å². The Bertz CT molecular complexity index is 1370. The fraction of sp³-hybridized carbons (Fsp3) is 0.227. The Labute approximate surface area is 198 Å². The Hall–Kier alpha value is -3.50.